The summed E-state index contributed by atoms with van der Waals surface area (Å²) in [6.45, 7) is 1.05. The van der Waals surface area contributed by atoms with Crippen LogP contribution < -0.4 is 10.1 Å². The molecule has 45 heavy (non-hydrogen) atoms. The number of aromatic nitrogens is 2. The van der Waals surface area contributed by atoms with Crippen LogP contribution in [-0.2, 0) is 6.54 Å². The van der Waals surface area contributed by atoms with Gasteiger partial charge in [0.25, 0.3) is 5.91 Å². The normalized spacial score (nSPS) is 21.5. The number of hydrogen-bond acceptors (Lipinski definition) is 4. The minimum absolute atomic E-state index is 0.0109. The van der Waals surface area contributed by atoms with E-state index in [4.69, 9.17) is 4.74 Å². The average molecular weight is 622 g/mol. The van der Waals surface area contributed by atoms with Crippen LogP contribution >= 0.6 is 0 Å². The zero-order chi connectivity index (χ0) is 31.9. The Bertz CT molecular complexity index is 1730. The Morgan fingerprint density at radius 3 is 2.51 bits per heavy atom. The minimum Gasteiger partial charge on any atom is -0.496 e. The van der Waals surface area contributed by atoms with Crippen molar-refractivity contribution < 1.29 is 31.9 Å². The second-order valence-corrected chi connectivity index (χ2v) is 12.4. The summed E-state index contributed by atoms with van der Waals surface area (Å²) in [6, 6.07) is 15.1. The first-order valence-corrected chi connectivity index (χ1v) is 15.3. The van der Waals surface area contributed by atoms with Gasteiger partial charge in [0.05, 0.1) is 12.6 Å². The lowest BCUT2D eigenvalue weighted by Gasteiger charge is -2.43. The molecule has 6 nitrogen and oxygen atoms in total. The number of aryl methyl sites for hydroxylation is 1. The quantitative estimate of drug-likeness (QED) is 0.161. The van der Waals surface area contributed by atoms with Crippen molar-refractivity contribution in [2.45, 2.75) is 51.7 Å². The molecule has 4 atom stereocenters. The maximum Gasteiger partial charge on any atom is 0.405 e. The van der Waals surface area contributed by atoms with Gasteiger partial charge >= 0.3 is 6.18 Å². The van der Waals surface area contributed by atoms with Crippen molar-refractivity contribution in [2.24, 2.45) is 23.7 Å². The van der Waals surface area contributed by atoms with E-state index < -0.39 is 18.6 Å². The molecule has 1 N–H and O–H groups in total. The summed E-state index contributed by atoms with van der Waals surface area (Å²) in [6.07, 6.45) is 2.35. The smallest absolute Gasteiger partial charge is 0.405 e. The third-order valence-electron chi connectivity index (χ3n) is 9.66. The van der Waals surface area contributed by atoms with Crippen LogP contribution in [0.5, 0.6) is 5.75 Å². The predicted molar refractivity (Wildman–Crippen MR) is 163 cm³/mol. The molecule has 2 aliphatic rings. The lowest BCUT2D eigenvalue weighted by Crippen LogP contribution is -2.41. The first-order chi connectivity index (χ1) is 21.5. The molecule has 2 aliphatic carbocycles. The Hall–Kier alpha value is -4.21. The highest BCUT2D eigenvalue weighted by Gasteiger charge is 2.46. The van der Waals surface area contributed by atoms with Crippen molar-refractivity contribution >= 4 is 22.6 Å². The molecule has 0 aliphatic heterocycles. The van der Waals surface area contributed by atoms with E-state index in [1.54, 1.807) is 19.1 Å². The Balaban J connectivity index is 1.08. The van der Waals surface area contributed by atoms with Crippen molar-refractivity contribution in [3.63, 3.8) is 0 Å². The number of carbonyl (C=O) groups excluding carboxylic acids is 2. The van der Waals surface area contributed by atoms with Crippen LogP contribution in [0.2, 0.25) is 0 Å². The van der Waals surface area contributed by atoms with Gasteiger partial charge in [-0.15, -0.1) is 0 Å². The Morgan fingerprint density at radius 2 is 1.78 bits per heavy atom. The fourth-order valence-electron chi connectivity index (χ4n) is 7.18. The number of nitrogens with one attached hydrogen (secondary N) is 1. The number of benzene rings is 3. The molecule has 1 amide bonds. The molecule has 0 radical (unpaired) electrons. The number of fused-ring (bicyclic) bond motifs is 2. The van der Waals surface area contributed by atoms with Crippen LogP contribution in [0.3, 0.4) is 0 Å². The molecule has 0 saturated heterocycles. The number of amides is 1. The highest BCUT2D eigenvalue weighted by Crippen LogP contribution is 2.50. The van der Waals surface area contributed by atoms with Crippen molar-refractivity contribution in [1.82, 2.24) is 15.1 Å². The molecular formula is C35H35F4N3O3. The molecule has 10 heteroatoms. The fourth-order valence-corrected chi connectivity index (χ4v) is 7.18. The highest BCUT2D eigenvalue weighted by atomic mass is 19.4. The van der Waals surface area contributed by atoms with Gasteiger partial charge in [0.15, 0.2) is 5.78 Å². The van der Waals surface area contributed by atoms with E-state index >= 15 is 0 Å². The Kier molecular flexibility index (Phi) is 8.41. The van der Waals surface area contributed by atoms with E-state index in [-0.39, 0.29) is 23.1 Å². The third kappa shape index (κ3) is 6.46. The summed E-state index contributed by atoms with van der Waals surface area (Å²) in [5.74, 6) is 0.783. The molecule has 2 fully saturated rings. The first-order valence-electron chi connectivity index (χ1n) is 15.3. The highest BCUT2D eigenvalue weighted by molar-refractivity contribution is 6.00. The van der Waals surface area contributed by atoms with Crippen molar-refractivity contribution in [2.75, 3.05) is 13.7 Å². The van der Waals surface area contributed by atoms with E-state index in [0.29, 0.717) is 46.7 Å². The second-order valence-electron chi connectivity index (χ2n) is 12.4. The number of hydrogen-bond donors (Lipinski definition) is 1. The van der Waals surface area contributed by atoms with E-state index in [1.165, 1.54) is 25.3 Å². The Labute approximate surface area is 258 Å². The zero-order valence-electron chi connectivity index (χ0n) is 25.2. The second kappa shape index (κ2) is 12.3. The number of alkyl halides is 3. The number of ketones is 1. The molecule has 4 aromatic rings. The zero-order valence-corrected chi connectivity index (χ0v) is 25.2. The van der Waals surface area contributed by atoms with E-state index in [9.17, 15) is 27.2 Å². The summed E-state index contributed by atoms with van der Waals surface area (Å²) in [4.78, 5) is 25.9. The standard InChI is InChI=1S/C35H35F4N3O3/c1-20-26(34(44)40-19-35(37,38)39)13-14-31-30(20)18-42(41-31)17-21-3-5-24-15-29(27(24)11-4-21)33(43)23-8-6-22(7-9-23)28-12-10-25(36)16-32(28)45-2/h6-10,12-14,16,18,21,24,27,29H,3-5,11,15,17,19H2,1-2H3,(H,40,44)/t21?,24?,27-,29?/m1/s1. The van der Waals surface area contributed by atoms with Gasteiger partial charge in [0.2, 0.25) is 0 Å². The van der Waals surface area contributed by atoms with Gasteiger partial charge in [-0.25, -0.2) is 4.39 Å². The van der Waals surface area contributed by atoms with E-state index in [1.807, 2.05) is 40.5 Å². The largest absolute Gasteiger partial charge is 0.496 e. The summed E-state index contributed by atoms with van der Waals surface area (Å²) in [7, 11) is 1.50. The number of Topliss-reactive ketones (excluding diaryl/α,β-unsaturated/α-hetero) is 1. The lowest BCUT2D eigenvalue weighted by atomic mass is 9.60. The summed E-state index contributed by atoms with van der Waals surface area (Å²) < 4.78 is 58.6. The molecule has 236 valence electrons. The fraction of sp³-hybridized carbons (Fsp3) is 0.400. The SMILES string of the molecule is COc1cc(F)ccc1-c1ccc(C(=O)C2CC3CCC(Cn4cc5c(C)c(C(=O)NCC(F)(F)F)ccc5n4)CC[C@H]32)cc1. The molecule has 1 heterocycles. The number of ether oxygens (including phenoxy) is 1. The molecule has 0 spiro atoms. The van der Waals surface area contributed by atoms with Crippen molar-refractivity contribution in [3.8, 4) is 16.9 Å². The minimum atomic E-state index is -4.48. The number of carbonyl (C=O) groups is 2. The topological polar surface area (TPSA) is 73.2 Å². The number of methoxy groups -OCH3 is 1. The summed E-state index contributed by atoms with van der Waals surface area (Å²) in [5, 5.41) is 7.38. The van der Waals surface area contributed by atoms with E-state index in [2.05, 4.69) is 5.10 Å². The molecule has 1 aromatic heterocycles. The van der Waals surface area contributed by atoms with Crippen LogP contribution in [0, 0.1) is 36.4 Å². The first kappa shape index (κ1) is 30.8. The van der Waals surface area contributed by atoms with Crippen LogP contribution in [0.1, 0.15) is 58.4 Å². The monoisotopic (exact) mass is 621 g/mol. The van der Waals surface area contributed by atoms with Gasteiger partial charge in [-0.1, -0.05) is 24.3 Å². The predicted octanol–water partition coefficient (Wildman–Crippen LogP) is 7.78. The summed E-state index contributed by atoms with van der Waals surface area (Å²) in [5.41, 5.74) is 3.82. The van der Waals surface area contributed by atoms with Crippen LogP contribution in [0.15, 0.2) is 60.8 Å². The Morgan fingerprint density at radius 1 is 1.02 bits per heavy atom. The van der Waals surface area contributed by atoms with E-state index in [0.717, 1.165) is 48.6 Å². The molecule has 3 unspecified atom stereocenters. The van der Waals surface area contributed by atoms with Gasteiger partial charge in [-0.3, -0.25) is 14.3 Å². The molecule has 3 aromatic carbocycles. The third-order valence-corrected chi connectivity index (χ3v) is 9.66. The average Bonchev–Trinajstić information content (AvgIpc) is 3.35. The van der Waals surface area contributed by atoms with Crippen molar-refractivity contribution in [3.05, 3.63) is 83.3 Å². The molecule has 0 bridgehead atoms. The maximum absolute atomic E-state index is 13.6. The van der Waals surface area contributed by atoms with Gasteiger partial charge < -0.3 is 10.1 Å². The van der Waals surface area contributed by atoms with Gasteiger partial charge in [0, 0.05) is 46.8 Å². The van der Waals surface area contributed by atoms with Crippen LogP contribution in [0.4, 0.5) is 17.6 Å². The molecular weight excluding hydrogens is 586 g/mol. The number of nitrogens with zero attached hydrogens (tertiary/aromatic N) is 2. The molecule has 2 saturated carbocycles. The van der Waals surface area contributed by atoms with Gasteiger partial charge in [0.1, 0.15) is 18.1 Å². The van der Waals surface area contributed by atoms with Crippen LogP contribution in [0.25, 0.3) is 22.0 Å². The van der Waals surface area contributed by atoms with Crippen LogP contribution in [-0.4, -0.2) is 41.3 Å². The number of rotatable bonds is 8. The van der Waals surface area contributed by atoms with Gasteiger partial charge in [-0.2, -0.15) is 18.3 Å². The van der Waals surface area contributed by atoms with Crippen molar-refractivity contribution in [1.29, 1.82) is 0 Å². The summed E-state index contributed by atoms with van der Waals surface area (Å²) >= 11 is 0. The lowest BCUT2D eigenvalue weighted by molar-refractivity contribution is -0.123. The number of halogens is 4. The van der Waals surface area contributed by atoms with Gasteiger partial charge in [-0.05, 0) is 92.2 Å². The molecule has 6 rings (SSSR count). The maximum atomic E-state index is 13.6.